The largest absolute Gasteiger partial charge is 0.491 e. The standard InChI is InChI=1S/C22H28N4O5S/c1-13(2)23-8-5-9-29-15-6-4-7-16-20(15)24-21-17(30-16)11-26(22(32)25-21)19-10-14(27)18(31-19)12-28-3/h4,6-7,11,14,18-19,23,27H,1,5,8-10,12H2,2-3H3,(H,24,25,32)/t14-,18-,19-/m1/s1/i3TD,27T/t3?,14-,18-,19-. The van der Waals surface area contributed by atoms with Crippen LogP contribution in [0.1, 0.15) is 28.7 Å². The number of aliphatic hydroxyl groups excluding tert-OH is 1. The van der Waals surface area contributed by atoms with Gasteiger partial charge in [-0.25, -0.2) is 0 Å². The van der Waals surface area contributed by atoms with E-state index in [2.05, 4.69) is 22.2 Å². The van der Waals surface area contributed by atoms with Crippen LogP contribution in [-0.2, 0) is 9.47 Å². The van der Waals surface area contributed by atoms with Crippen molar-refractivity contribution >= 4 is 23.7 Å². The van der Waals surface area contributed by atoms with Gasteiger partial charge >= 0.3 is 0 Å². The van der Waals surface area contributed by atoms with Crippen molar-refractivity contribution in [1.82, 2.24) is 14.9 Å². The lowest BCUT2D eigenvalue weighted by molar-refractivity contribution is -0.0542. The Morgan fingerprint density at radius 3 is 3.31 bits per heavy atom. The Hall–Kier alpha value is -2.66. The number of ether oxygens (including phenoxy) is 4. The number of rotatable bonds is 10. The van der Waals surface area contributed by atoms with Gasteiger partial charge in [-0.3, -0.25) is 4.57 Å². The molecule has 0 amide bonds. The Kier molecular flexibility index (Phi) is 5.82. The van der Waals surface area contributed by atoms with Crippen LogP contribution in [0.5, 0.6) is 17.2 Å². The zero-order valence-corrected chi connectivity index (χ0v) is 18.5. The molecule has 0 saturated carbocycles. The van der Waals surface area contributed by atoms with Crippen molar-refractivity contribution in [3.8, 4) is 17.2 Å². The Morgan fingerprint density at radius 2 is 2.50 bits per heavy atom. The lowest BCUT2D eigenvalue weighted by Crippen LogP contribution is -2.25. The lowest BCUT2D eigenvalue weighted by Gasteiger charge is -2.25. The molecule has 2 aliphatic rings. The number of benzene rings is 1. The molecule has 3 N–H and O–H groups in total. The van der Waals surface area contributed by atoms with E-state index in [4.69, 9.17) is 40.4 Å². The zero-order valence-electron chi connectivity index (χ0n) is 20.7. The summed E-state index contributed by atoms with van der Waals surface area (Å²) >= 11 is 5.50. The Labute approximate surface area is 196 Å². The molecule has 4 rings (SSSR count). The normalized spacial score (nSPS) is 23.4. The molecule has 0 radical (unpaired) electrons. The van der Waals surface area contributed by atoms with E-state index in [0.717, 1.165) is 18.7 Å². The molecule has 4 atom stereocenters. The summed E-state index contributed by atoms with van der Waals surface area (Å²) in [4.78, 5) is 4.48. The molecule has 1 fully saturated rings. The van der Waals surface area contributed by atoms with Gasteiger partial charge in [0, 0.05) is 25.7 Å². The number of aliphatic hydroxyl groups is 1. The van der Waals surface area contributed by atoms with E-state index in [0.29, 0.717) is 41.8 Å². The SMILES string of the molecule is [2H]C([3H])OC[C@H]1O[C@@H](n2cc3c(nc2=S)Nc2c(OCCCNC(=C)C)cccc2O3)C[C@H]1O[3H]. The van der Waals surface area contributed by atoms with Crippen LogP contribution in [0.4, 0.5) is 11.5 Å². The molecule has 3 heterocycles. The summed E-state index contributed by atoms with van der Waals surface area (Å²) < 4.78 is 46.6. The van der Waals surface area contributed by atoms with Gasteiger partial charge in [0.25, 0.3) is 0 Å². The van der Waals surface area contributed by atoms with Crippen LogP contribution in [0.25, 0.3) is 0 Å². The molecule has 2 aliphatic heterocycles. The van der Waals surface area contributed by atoms with E-state index in [1.54, 1.807) is 10.8 Å². The van der Waals surface area contributed by atoms with Gasteiger partial charge in [0.05, 0.1) is 28.3 Å². The fourth-order valence-electron chi connectivity index (χ4n) is 3.57. The summed E-state index contributed by atoms with van der Waals surface area (Å²) in [6.07, 6.45) is 1.06. The highest BCUT2D eigenvalue weighted by molar-refractivity contribution is 7.71. The van der Waals surface area contributed by atoms with Crippen molar-refractivity contribution in [3.63, 3.8) is 0 Å². The van der Waals surface area contributed by atoms with E-state index in [-0.39, 0.29) is 11.4 Å². The minimum absolute atomic E-state index is 0.0408. The molecule has 10 heteroatoms. The Bertz CT molecular complexity index is 1120. The van der Waals surface area contributed by atoms with Gasteiger partial charge < -0.3 is 34.7 Å². The van der Waals surface area contributed by atoms with Gasteiger partial charge in [-0.2, -0.15) is 4.98 Å². The quantitative estimate of drug-likeness (QED) is 0.306. The molecule has 0 aliphatic carbocycles. The van der Waals surface area contributed by atoms with Crippen molar-refractivity contribution in [2.75, 3.05) is 32.1 Å². The Morgan fingerprint density at radius 1 is 1.59 bits per heavy atom. The van der Waals surface area contributed by atoms with E-state index in [1.807, 2.05) is 25.1 Å². The Balaban J connectivity index is 1.47. The fourth-order valence-corrected chi connectivity index (χ4v) is 3.83. The number of nitrogens with one attached hydrogen (secondary N) is 2. The molecule has 2 aromatic rings. The van der Waals surface area contributed by atoms with Gasteiger partial charge in [-0.15, -0.1) is 0 Å². The smallest absolute Gasteiger partial charge is 0.211 e. The van der Waals surface area contributed by atoms with E-state index in [1.165, 1.54) is 0 Å². The van der Waals surface area contributed by atoms with Crippen LogP contribution >= 0.6 is 12.2 Å². The third-order valence-electron chi connectivity index (χ3n) is 5.13. The first-order chi connectivity index (χ1) is 16.9. The van der Waals surface area contributed by atoms with E-state index < -0.39 is 25.5 Å². The highest BCUT2D eigenvalue weighted by Crippen LogP contribution is 2.46. The first kappa shape index (κ1) is 18.9. The molecule has 1 unspecified atom stereocenters. The van der Waals surface area contributed by atoms with Crippen LogP contribution in [0.15, 0.2) is 36.7 Å². The number of nitrogens with zero attached hydrogens (tertiary/aromatic N) is 2. The molecular formula is C22H28N4O5S. The third kappa shape index (κ3) is 4.88. The van der Waals surface area contributed by atoms with Gasteiger partial charge in [0.1, 0.15) is 23.8 Å². The number of hydrogen-bond acceptors (Lipinski definition) is 9. The molecule has 9 nitrogen and oxygen atoms in total. The maximum atomic E-state index is 7.33. The first-order valence-electron chi connectivity index (χ1n) is 11.9. The number of para-hydroxylation sites is 1. The second kappa shape index (κ2) is 9.86. The van der Waals surface area contributed by atoms with Crippen LogP contribution < -0.4 is 20.1 Å². The second-order valence-corrected chi connectivity index (χ2v) is 8.01. The van der Waals surface area contributed by atoms with Crippen LogP contribution in [0.3, 0.4) is 0 Å². The molecule has 172 valence electrons. The average Bonchev–Trinajstić information content (AvgIpc) is 3.24. The molecule has 1 saturated heterocycles. The predicted molar refractivity (Wildman–Crippen MR) is 122 cm³/mol. The summed E-state index contributed by atoms with van der Waals surface area (Å²) in [5.74, 6) is 2.14. The maximum Gasteiger partial charge on any atom is 0.211 e. The molecule has 0 bridgehead atoms. The topological polar surface area (TPSA) is 99.0 Å². The minimum Gasteiger partial charge on any atom is -0.491 e. The summed E-state index contributed by atoms with van der Waals surface area (Å²) in [5, 5.41) is 11.2. The van der Waals surface area contributed by atoms with Gasteiger partial charge in [-0.05, 0) is 37.7 Å². The van der Waals surface area contributed by atoms with Gasteiger partial charge in [-0.1, -0.05) is 12.6 Å². The monoisotopic (exact) mass is 465 g/mol. The maximum absolute atomic E-state index is 7.33. The molecular weight excluding hydrogens is 432 g/mol. The lowest BCUT2D eigenvalue weighted by atomic mass is 10.2. The zero-order chi connectivity index (χ0) is 24.9. The summed E-state index contributed by atoms with van der Waals surface area (Å²) in [6.45, 7) is 6.98. The number of anilines is 2. The second-order valence-electron chi connectivity index (χ2n) is 7.65. The van der Waals surface area contributed by atoms with Gasteiger partial charge in [0.2, 0.25) is 6.20 Å². The van der Waals surface area contributed by atoms with Crippen LogP contribution in [0, 0.1) is 4.77 Å². The van der Waals surface area contributed by atoms with Gasteiger partial charge in [0.15, 0.2) is 17.3 Å². The fraction of sp³-hybridized carbons (Fsp3) is 0.455. The highest BCUT2D eigenvalue weighted by Gasteiger charge is 2.35. The molecule has 32 heavy (non-hydrogen) atoms. The van der Waals surface area contributed by atoms with Crippen molar-refractivity contribution < 1.29 is 26.8 Å². The van der Waals surface area contributed by atoms with Crippen LogP contribution in [0.2, 0.25) is 0 Å². The van der Waals surface area contributed by atoms with E-state index >= 15 is 0 Å². The summed E-state index contributed by atoms with van der Waals surface area (Å²) in [5.41, 5.74) is 1.59. The predicted octanol–water partition coefficient (Wildman–Crippen LogP) is 3.65. The minimum atomic E-state index is -1.45. The van der Waals surface area contributed by atoms with Crippen molar-refractivity contribution in [2.45, 2.75) is 38.2 Å². The van der Waals surface area contributed by atoms with Crippen molar-refractivity contribution in [1.29, 1.82) is 1.43 Å². The van der Waals surface area contributed by atoms with Crippen molar-refractivity contribution in [2.24, 2.45) is 0 Å². The number of fused-ring (bicyclic) bond motifs is 2. The third-order valence-corrected chi connectivity index (χ3v) is 5.43. The van der Waals surface area contributed by atoms with E-state index in [9.17, 15) is 0 Å². The molecule has 1 aromatic heterocycles. The number of methoxy groups -OCH3 is 1. The van der Waals surface area contributed by atoms with Crippen molar-refractivity contribution in [3.05, 3.63) is 41.4 Å². The van der Waals surface area contributed by atoms with Crippen LogP contribution in [-0.4, -0.2) is 55.1 Å². The molecule has 0 spiro atoms. The average molecular weight is 466 g/mol. The first-order valence-corrected chi connectivity index (χ1v) is 10.7. The highest BCUT2D eigenvalue weighted by atomic mass is 32.1. The summed E-state index contributed by atoms with van der Waals surface area (Å²) in [6, 6.07) is 5.54. The summed E-state index contributed by atoms with van der Waals surface area (Å²) in [7, 11) is -1.45. The number of allylic oxidation sites excluding steroid dienone is 1. The number of aromatic nitrogens is 2. The molecule has 1 aromatic carbocycles. The number of hydrogen-bond donors (Lipinski definition) is 3.